The fourth-order valence-electron chi connectivity index (χ4n) is 10.2. The zero-order valence-corrected chi connectivity index (χ0v) is 38.2. The minimum atomic E-state index is 0.471. The molecule has 0 N–H and O–H groups in total. The molecule has 330 valence electrons. The van der Waals surface area contributed by atoms with Crippen LogP contribution in [0.4, 0.5) is 0 Å². The Hall–Kier alpha value is -10.8. The van der Waals surface area contributed by atoms with E-state index in [0.717, 1.165) is 93.7 Å². The van der Waals surface area contributed by atoms with Crippen LogP contribution in [0, 0.1) is 56.7 Å². The van der Waals surface area contributed by atoms with Crippen molar-refractivity contribution in [2.24, 2.45) is 0 Å². The SMILES string of the molecule is N#Cc1cccc(-c2ccc3c4ccc(-c5cccc(C#N)c5)cc4n(-c4cncc(-n5c6cc(-c7cccc(C#N)c7)ccc6c6ccc(-c7cccc(C#N)c7)cc65)c4-c4ccccc4C#N)c3c2)c1. The lowest BCUT2D eigenvalue weighted by Gasteiger charge is -2.20. The second kappa shape index (κ2) is 17.4. The summed E-state index contributed by atoms with van der Waals surface area (Å²) in [5, 5.41) is 54.5. The molecule has 0 saturated heterocycles. The number of fused-ring (bicyclic) bond motifs is 6. The number of pyridine rings is 1. The highest BCUT2D eigenvalue weighted by Gasteiger charge is 2.25. The standard InChI is InChI=1S/C64H34N8/c65-33-40-7-3-12-44(25-40)48-17-21-54-55-22-18-49(45-13-4-8-41(26-45)34-66)30-59(55)71(58(54)29-48)62-38-70-39-63(64(62)53-16-2-1-11-52(53)37-69)72-60-31-50(46-14-5-9-42(27-46)35-67)19-23-56(60)57-24-20-51(32-61(57)72)47-15-6-10-43(28-47)36-68/h1-32,38-39H. The Balaban J connectivity index is 1.23. The summed E-state index contributed by atoms with van der Waals surface area (Å²) in [6.07, 6.45) is 3.73. The third-order valence-electron chi connectivity index (χ3n) is 13.5. The molecule has 12 aromatic rings. The molecule has 0 atom stereocenters. The van der Waals surface area contributed by atoms with Crippen LogP contribution in [-0.2, 0) is 0 Å². The molecule has 12 rings (SSSR count). The topological polar surface area (TPSA) is 142 Å². The molecule has 0 bridgehead atoms. The quantitative estimate of drug-likeness (QED) is 0.156. The Morgan fingerprint density at radius 3 is 0.944 bits per heavy atom. The largest absolute Gasteiger partial charge is 0.307 e. The van der Waals surface area contributed by atoms with Crippen LogP contribution in [0.2, 0.25) is 0 Å². The average Bonchev–Trinajstić information content (AvgIpc) is 3.95. The van der Waals surface area contributed by atoms with Gasteiger partial charge in [0.05, 0.1) is 104 Å². The van der Waals surface area contributed by atoms with Crippen molar-refractivity contribution in [2.45, 2.75) is 0 Å². The van der Waals surface area contributed by atoms with Crippen LogP contribution in [0.5, 0.6) is 0 Å². The van der Waals surface area contributed by atoms with Crippen molar-refractivity contribution in [1.29, 1.82) is 26.3 Å². The lowest BCUT2D eigenvalue weighted by Crippen LogP contribution is -2.06. The predicted molar refractivity (Wildman–Crippen MR) is 284 cm³/mol. The Bertz CT molecular complexity index is 3990. The maximum atomic E-state index is 11.0. The van der Waals surface area contributed by atoms with Gasteiger partial charge in [0.25, 0.3) is 0 Å². The first-order valence-corrected chi connectivity index (χ1v) is 23.1. The predicted octanol–water partition coefficient (Wildman–Crippen LogP) is 15.0. The highest BCUT2D eigenvalue weighted by Crippen LogP contribution is 2.45. The summed E-state index contributed by atoms with van der Waals surface area (Å²) in [6, 6.07) is 75.1. The van der Waals surface area contributed by atoms with Crippen LogP contribution >= 0.6 is 0 Å². The fraction of sp³-hybridized carbons (Fsp3) is 0. The third-order valence-corrected chi connectivity index (χ3v) is 13.5. The molecular weight excluding hydrogens is 881 g/mol. The molecule has 0 amide bonds. The van der Waals surface area contributed by atoms with E-state index in [9.17, 15) is 26.3 Å². The second-order valence-electron chi connectivity index (χ2n) is 17.6. The van der Waals surface area contributed by atoms with E-state index in [1.807, 2.05) is 109 Å². The molecule has 0 spiro atoms. The van der Waals surface area contributed by atoms with Gasteiger partial charge in [0.1, 0.15) is 0 Å². The van der Waals surface area contributed by atoms with Crippen LogP contribution in [0.1, 0.15) is 27.8 Å². The number of benzene rings is 9. The molecule has 3 aromatic heterocycles. The number of rotatable bonds is 7. The van der Waals surface area contributed by atoms with Gasteiger partial charge in [0.2, 0.25) is 0 Å². The van der Waals surface area contributed by atoms with E-state index < -0.39 is 0 Å². The first-order valence-electron chi connectivity index (χ1n) is 23.1. The van der Waals surface area contributed by atoms with Crippen molar-refractivity contribution in [1.82, 2.24) is 14.1 Å². The van der Waals surface area contributed by atoms with Crippen LogP contribution in [-0.4, -0.2) is 14.1 Å². The highest BCUT2D eigenvalue weighted by molar-refractivity contribution is 6.14. The number of aromatic nitrogens is 3. The van der Waals surface area contributed by atoms with E-state index >= 15 is 0 Å². The van der Waals surface area contributed by atoms with Gasteiger partial charge < -0.3 is 9.13 Å². The molecule has 0 aliphatic rings. The molecule has 0 radical (unpaired) electrons. The summed E-state index contributed by atoms with van der Waals surface area (Å²) < 4.78 is 4.46. The first kappa shape index (κ1) is 42.5. The lowest BCUT2D eigenvalue weighted by atomic mass is 9.97. The summed E-state index contributed by atoms with van der Waals surface area (Å²) in [5.41, 5.74) is 16.3. The van der Waals surface area contributed by atoms with Gasteiger partial charge in [-0.1, -0.05) is 115 Å². The van der Waals surface area contributed by atoms with E-state index in [0.29, 0.717) is 44.8 Å². The molecule has 8 nitrogen and oxygen atoms in total. The van der Waals surface area contributed by atoms with Crippen molar-refractivity contribution in [3.8, 4) is 97.4 Å². The molecule has 8 heteroatoms. The summed E-state index contributed by atoms with van der Waals surface area (Å²) in [5.74, 6) is 0. The Morgan fingerprint density at radius 1 is 0.306 bits per heavy atom. The van der Waals surface area contributed by atoms with Gasteiger partial charge in [0.15, 0.2) is 0 Å². The van der Waals surface area contributed by atoms with Gasteiger partial charge in [-0.3, -0.25) is 4.98 Å². The maximum Gasteiger partial charge on any atom is 0.0998 e. The highest BCUT2D eigenvalue weighted by atomic mass is 15.0. The Morgan fingerprint density at radius 2 is 0.625 bits per heavy atom. The lowest BCUT2D eigenvalue weighted by molar-refractivity contribution is 1.09. The number of nitriles is 5. The van der Waals surface area contributed by atoms with Gasteiger partial charge in [0, 0.05) is 32.7 Å². The van der Waals surface area contributed by atoms with E-state index in [1.165, 1.54) is 0 Å². The van der Waals surface area contributed by atoms with E-state index in [-0.39, 0.29) is 0 Å². The van der Waals surface area contributed by atoms with Gasteiger partial charge >= 0.3 is 0 Å². The first-order chi connectivity index (χ1) is 35.4. The number of hydrogen-bond donors (Lipinski definition) is 0. The number of hydrogen-bond acceptors (Lipinski definition) is 6. The summed E-state index contributed by atoms with van der Waals surface area (Å²) in [6.45, 7) is 0. The van der Waals surface area contributed by atoms with Crippen LogP contribution < -0.4 is 0 Å². The molecule has 0 aliphatic carbocycles. The minimum Gasteiger partial charge on any atom is -0.307 e. The molecule has 0 aliphatic heterocycles. The number of nitrogens with zero attached hydrogens (tertiary/aromatic N) is 8. The van der Waals surface area contributed by atoms with Crippen molar-refractivity contribution < 1.29 is 0 Å². The van der Waals surface area contributed by atoms with Gasteiger partial charge in [-0.2, -0.15) is 26.3 Å². The average molecular weight is 915 g/mol. The summed E-state index contributed by atoms with van der Waals surface area (Å²) >= 11 is 0. The van der Waals surface area contributed by atoms with Crippen LogP contribution in [0.3, 0.4) is 0 Å². The summed E-state index contributed by atoms with van der Waals surface area (Å²) in [4.78, 5) is 5.11. The molecular formula is C64H34N8. The van der Waals surface area contributed by atoms with Crippen LogP contribution in [0.15, 0.2) is 207 Å². The normalized spacial score (nSPS) is 11.0. The third kappa shape index (κ3) is 7.08. The molecule has 0 saturated carbocycles. The monoisotopic (exact) mass is 914 g/mol. The van der Waals surface area contributed by atoms with Gasteiger partial charge in [-0.15, -0.1) is 0 Å². The van der Waals surface area contributed by atoms with Crippen molar-refractivity contribution in [2.75, 3.05) is 0 Å². The zero-order chi connectivity index (χ0) is 48.9. The van der Waals surface area contributed by atoms with Crippen molar-refractivity contribution in [3.63, 3.8) is 0 Å². The van der Waals surface area contributed by atoms with E-state index in [2.05, 4.69) is 112 Å². The Labute approximate surface area is 413 Å². The van der Waals surface area contributed by atoms with E-state index in [1.54, 1.807) is 24.3 Å². The summed E-state index contributed by atoms with van der Waals surface area (Å²) in [7, 11) is 0. The molecule has 9 aromatic carbocycles. The molecule has 0 fully saturated rings. The fourth-order valence-corrected chi connectivity index (χ4v) is 10.2. The zero-order valence-electron chi connectivity index (χ0n) is 38.2. The minimum absolute atomic E-state index is 0.471. The maximum absolute atomic E-state index is 11.0. The van der Waals surface area contributed by atoms with Gasteiger partial charge in [-0.25, -0.2) is 0 Å². The Kier molecular flexibility index (Phi) is 10.3. The van der Waals surface area contributed by atoms with Crippen LogP contribution in [0.25, 0.3) is 111 Å². The molecule has 72 heavy (non-hydrogen) atoms. The molecule has 3 heterocycles. The molecule has 0 unspecified atom stereocenters. The smallest absolute Gasteiger partial charge is 0.0998 e. The van der Waals surface area contributed by atoms with Crippen molar-refractivity contribution >= 4 is 43.6 Å². The second-order valence-corrected chi connectivity index (χ2v) is 17.6. The van der Waals surface area contributed by atoms with Crippen molar-refractivity contribution in [3.05, 3.63) is 234 Å². The van der Waals surface area contributed by atoms with Gasteiger partial charge in [-0.05, 0) is 123 Å². The van der Waals surface area contributed by atoms with E-state index in [4.69, 9.17) is 4.98 Å².